The first kappa shape index (κ1) is 13.6. The molecule has 20 heavy (non-hydrogen) atoms. The fourth-order valence-corrected chi connectivity index (χ4v) is 2.90. The molecule has 1 aliphatic rings. The number of nitrogens with one attached hydrogen (secondary N) is 1. The summed E-state index contributed by atoms with van der Waals surface area (Å²) in [5.74, 6) is 0. The van der Waals surface area contributed by atoms with Crippen LogP contribution >= 0.6 is 11.6 Å². The highest BCUT2D eigenvalue weighted by molar-refractivity contribution is 6.31. The molecule has 4 nitrogen and oxygen atoms in total. The van der Waals surface area contributed by atoms with E-state index in [9.17, 15) is 0 Å². The Morgan fingerprint density at radius 3 is 3.20 bits per heavy atom. The SMILES string of the molecule is CNCC1COCCN1c1ccnc2cc(Cl)ccc12. The number of anilines is 1. The van der Waals surface area contributed by atoms with Crippen LogP contribution < -0.4 is 10.2 Å². The first-order valence-corrected chi connectivity index (χ1v) is 7.20. The highest BCUT2D eigenvalue weighted by Gasteiger charge is 2.24. The van der Waals surface area contributed by atoms with E-state index in [1.54, 1.807) is 0 Å². The van der Waals surface area contributed by atoms with Crippen molar-refractivity contribution >= 4 is 28.2 Å². The van der Waals surface area contributed by atoms with Gasteiger partial charge in [0.05, 0.1) is 24.8 Å². The standard InChI is InChI=1S/C15H18ClN3O/c1-17-9-12-10-20-7-6-19(12)15-4-5-18-14-8-11(16)2-3-13(14)15/h2-5,8,12,17H,6-7,9-10H2,1H3. The minimum atomic E-state index is 0.343. The third kappa shape index (κ3) is 2.59. The Morgan fingerprint density at radius 1 is 1.45 bits per heavy atom. The maximum Gasteiger partial charge on any atom is 0.0737 e. The van der Waals surface area contributed by atoms with Crippen molar-refractivity contribution in [3.05, 3.63) is 35.5 Å². The predicted octanol–water partition coefficient (Wildman–Crippen LogP) is 2.31. The van der Waals surface area contributed by atoms with Crippen molar-refractivity contribution in [2.75, 3.05) is 38.3 Å². The molecule has 1 aromatic heterocycles. The summed E-state index contributed by atoms with van der Waals surface area (Å²) in [6, 6.07) is 8.29. The van der Waals surface area contributed by atoms with Crippen molar-refractivity contribution in [1.29, 1.82) is 0 Å². The van der Waals surface area contributed by atoms with Crippen molar-refractivity contribution < 1.29 is 4.74 Å². The van der Waals surface area contributed by atoms with E-state index in [1.807, 2.05) is 31.4 Å². The molecule has 1 unspecified atom stereocenters. The number of fused-ring (bicyclic) bond motifs is 1. The second-order valence-electron chi connectivity index (χ2n) is 4.97. The summed E-state index contributed by atoms with van der Waals surface area (Å²) in [4.78, 5) is 6.81. The van der Waals surface area contributed by atoms with Gasteiger partial charge in [0, 0.05) is 35.4 Å². The molecule has 0 radical (unpaired) electrons. The average molecular weight is 292 g/mol. The molecule has 0 spiro atoms. The number of hydrogen-bond acceptors (Lipinski definition) is 4. The Hall–Kier alpha value is -1.36. The number of rotatable bonds is 3. The van der Waals surface area contributed by atoms with Gasteiger partial charge in [-0.2, -0.15) is 0 Å². The molecule has 0 amide bonds. The third-order valence-corrected chi connectivity index (χ3v) is 3.89. The number of halogens is 1. The molecular formula is C15H18ClN3O. The van der Waals surface area contributed by atoms with Crippen LogP contribution in [0.3, 0.4) is 0 Å². The summed E-state index contributed by atoms with van der Waals surface area (Å²) in [6.07, 6.45) is 1.85. The Balaban J connectivity index is 2.03. The van der Waals surface area contributed by atoms with E-state index >= 15 is 0 Å². The summed E-state index contributed by atoms with van der Waals surface area (Å²) in [5.41, 5.74) is 2.14. The zero-order valence-corrected chi connectivity index (χ0v) is 12.2. The number of aromatic nitrogens is 1. The summed E-state index contributed by atoms with van der Waals surface area (Å²) < 4.78 is 5.60. The molecule has 1 atom stereocenters. The van der Waals surface area contributed by atoms with Crippen LogP contribution in [0.25, 0.3) is 10.9 Å². The highest BCUT2D eigenvalue weighted by Crippen LogP contribution is 2.29. The molecule has 5 heteroatoms. The van der Waals surface area contributed by atoms with Gasteiger partial charge in [-0.3, -0.25) is 4.98 Å². The number of ether oxygens (including phenoxy) is 1. The average Bonchev–Trinajstić information content (AvgIpc) is 2.47. The monoisotopic (exact) mass is 291 g/mol. The van der Waals surface area contributed by atoms with Gasteiger partial charge < -0.3 is 15.0 Å². The Bertz CT molecular complexity index is 603. The molecule has 1 fully saturated rings. The molecule has 1 saturated heterocycles. The van der Waals surface area contributed by atoms with E-state index in [0.717, 1.165) is 42.2 Å². The smallest absolute Gasteiger partial charge is 0.0737 e. The number of hydrogen-bond donors (Lipinski definition) is 1. The number of likely N-dealkylation sites (N-methyl/N-ethyl adjacent to an activating group) is 1. The minimum Gasteiger partial charge on any atom is -0.377 e. The zero-order chi connectivity index (χ0) is 13.9. The normalized spacial score (nSPS) is 19.5. The first-order chi connectivity index (χ1) is 9.79. The Labute approximate surface area is 123 Å². The molecule has 106 valence electrons. The molecule has 3 rings (SSSR count). The van der Waals surface area contributed by atoms with Gasteiger partial charge in [0.1, 0.15) is 0 Å². The van der Waals surface area contributed by atoms with Crippen molar-refractivity contribution in [3.8, 4) is 0 Å². The van der Waals surface area contributed by atoms with E-state index < -0.39 is 0 Å². The first-order valence-electron chi connectivity index (χ1n) is 6.83. The lowest BCUT2D eigenvalue weighted by Crippen LogP contribution is -2.50. The number of benzene rings is 1. The molecule has 1 aromatic carbocycles. The van der Waals surface area contributed by atoms with E-state index in [0.29, 0.717) is 6.04 Å². The van der Waals surface area contributed by atoms with Gasteiger partial charge in [0.2, 0.25) is 0 Å². The van der Waals surface area contributed by atoms with Crippen LogP contribution in [-0.4, -0.2) is 44.4 Å². The van der Waals surface area contributed by atoms with E-state index in [-0.39, 0.29) is 0 Å². The highest BCUT2D eigenvalue weighted by atomic mass is 35.5. The molecule has 2 aromatic rings. The predicted molar refractivity (Wildman–Crippen MR) is 82.6 cm³/mol. The lowest BCUT2D eigenvalue weighted by Gasteiger charge is -2.37. The van der Waals surface area contributed by atoms with Crippen molar-refractivity contribution in [3.63, 3.8) is 0 Å². The molecule has 0 saturated carbocycles. The van der Waals surface area contributed by atoms with Crippen LogP contribution in [0.1, 0.15) is 0 Å². The lowest BCUT2D eigenvalue weighted by molar-refractivity contribution is 0.0945. The summed E-state index contributed by atoms with van der Waals surface area (Å²) in [6.45, 7) is 3.31. The van der Waals surface area contributed by atoms with Crippen LogP contribution in [-0.2, 0) is 4.74 Å². The third-order valence-electron chi connectivity index (χ3n) is 3.66. The maximum atomic E-state index is 6.05. The minimum absolute atomic E-state index is 0.343. The Kier molecular flexibility index (Phi) is 4.05. The molecule has 1 N–H and O–H groups in total. The van der Waals surface area contributed by atoms with Crippen molar-refractivity contribution in [2.45, 2.75) is 6.04 Å². The molecule has 0 aliphatic carbocycles. The number of nitrogens with zero attached hydrogens (tertiary/aromatic N) is 2. The molecular weight excluding hydrogens is 274 g/mol. The van der Waals surface area contributed by atoms with Gasteiger partial charge in [-0.25, -0.2) is 0 Å². The fraction of sp³-hybridized carbons (Fsp3) is 0.400. The fourth-order valence-electron chi connectivity index (χ4n) is 2.73. The number of pyridine rings is 1. The molecule has 0 bridgehead atoms. The summed E-state index contributed by atoms with van der Waals surface area (Å²) in [7, 11) is 1.97. The largest absolute Gasteiger partial charge is 0.377 e. The Morgan fingerprint density at radius 2 is 2.35 bits per heavy atom. The van der Waals surface area contributed by atoms with Crippen molar-refractivity contribution in [1.82, 2.24) is 10.3 Å². The van der Waals surface area contributed by atoms with Crippen LogP contribution in [0, 0.1) is 0 Å². The van der Waals surface area contributed by atoms with Gasteiger partial charge in [-0.15, -0.1) is 0 Å². The van der Waals surface area contributed by atoms with E-state index in [2.05, 4.69) is 21.3 Å². The zero-order valence-electron chi connectivity index (χ0n) is 11.5. The van der Waals surface area contributed by atoms with Crippen LogP contribution in [0.15, 0.2) is 30.5 Å². The van der Waals surface area contributed by atoms with Gasteiger partial charge in [0.15, 0.2) is 0 Å². The molecule has 1 aliphatic heterocycles. The topological polar surface area (TPSA) is 37.4 Å². The van der Waals surface area contributed by atoms with Gasteiger partial charge in [0.25, 0.3) is 0 Å². The van der Waals surface area contributed by atoms with Crippen molar-refractivity contribution in [2.24, 2.45) is 0 Å². The summed E-state index contributed by atoms with van der Waals surface area (Å²) in [5, 5.41) is 5.09. The maximum absolute atomic E-state index is 6.05. The van der Waals surface area contributed by atoms with E-state index in [1.165, 1.54) is 5.69 Å². The van der Waals surface area contributed by atoms with Crippen LogP contribution in [0.5, 0.6) is 0 Å². The number of morpholine rings is 1. The second-order valence-corrected chi connectivity index (χ2v) is 5.41. The van der Waals surface area contributed by atoms with Gasteiger partial charge in [-0.05, 0) is 31.3 Å². The summed E-state index contributed by atoms with van der Waals surface area (Å²) >= 11 is 6.05. The quantitative estimate of drug-likeness (QED) is 0.942. The molecule has 2 heterocycles. The van der Waals surface area contributed by atoms with Crippen LogP contribution in [0.4, 0.5) is 5.69 Å². The lowest BCUT2D eigenvalue weighted by atomic mass is 10.1. The van der Waals surface area contributed by atoms with Gasteiger partial charge in [-0.1, -0.05) is 11.6 Å². The van der Waals surface area contributed by atoms with Gasteiger partial charge >= 0.3 is 0 Å². The second kappa shape index (κ2) is 5.95. The van der Waals surface area contributed by atoms with E-state index in [4.69, 9.17) is 16.3 Å². The van der Waals surface area contributed by atoms with Crippen LogP contribution in [0.2, 0.25) is 5.02 Å².